The molecule has 0 aliphatic heterocycles. The normalized spacial score (nSPS) is 11.7. The van der Waals surface area contributed by atoms with E-state index in [2.05, 4.69) is 15.3 Å². The molecule has 23 heavy (non-hydrogen) atoms. The van der Waals surface area contributed by atoms with E-state index in [1.807, 2.05) is 55.5 Å². The van der Waals surface area contributed by atoms with Gasteiger partial charge in [-0.05, 0) is 24.6 Å². The van der Waals surface area contributed by atoms with Crippen LogP contribution in [-0.2, 0) is 0 Å². The van der Waals surface area contributed by atoms with Crippen LogP contribution in [0.25, 0.3) is 11.1 Å². The molecular weight excluding hydrogens is 286 g/mol. The molecule has 2 aromatic heterocycles. The Kier molecular flexibility index (Phi) is 4.43. The average molecular weight is 303 g/mol. The van der Waals surface area contributed by atoms with Crippen LogP contribution in [0.2, 0.25) is 0 Å². The second kappa shape index (κ2) is 6.83. The van der Waals surface area contributed by atoms with E-state index in [4.69, 9.17) is 0 Å². The van der Waals surface area contributed by atoms with Crippen molar-refractivity contribution in [2.75, 3.05) is 0 Å². The molecule has 1 N–H and O–H groups in total. The molecule has 1 atom stereocenters. The lowest BCUT2D eigenvalue weighted by Crippen LogP contribution is -2.26. The first-order valence-corrected chi connectivity index (χ1v) is 7.45. The number of carbonyl (C=O) groups is 1. The van der Waals surface area contributed by atoms with Crippen LogP contribution in [0.15, 0.2) is 73.3 Å². The van der Waals surface area contributed by atoms with Crippen molar-refractivity contribution in [2.45, 2.75) is 13.0 Å². The first kappa shape index (κ1) is 14.9. The molecule has 0 saturated carbocycles. The second-order valence-corrected chi connectivity index (χ2v) is 5.31. The molecule has 3 rings (SSSR count). The van der Waals surface area contributed by atoms with E-state index in [1.54, 1.807) is 24.8 Å². The predicted molar refractivity (Wildman–Crippen MR) is 89.8 cm³/mol. The Morgan fingerprint density at radius 1 is 0.957 bits per heavy atom. The maximum absolute atomic E-state index is 12.4. The molecule has 0 aliphatic carbocycles. The summed E-state index contributed by atoms with van der Waals surface area (Å²) >= 11 is 0. The van der Waals surface area contributed by atoms with E-state index in [0.717, 1.165) is 16.7 Å². The molecule has 0 saturated heterocycles. The van der Waals surface area contributed by atoms with Crippen LogP contribution in [0.5, 0.6) is 0 Å². The van der Waals surface area contributed by atoms with Gasteiger partial charge in [0.05, 0.1) is 11.6 Å². The third kappa shape index (κ3) is 3.61. The minimum Gasteiger partial charge on any atom is -0.345 e. The quantitative estimate of drug-likeness (QED) is 0.800. The summed E-state index contributed by atoms with van der Waals surface area (Å²) in [5.74, 6) is -0.139. The van der Waals surface area contributed by atoms with Gasteiger partial charge in [-0.3, -0.25) is 14.8 Å². The summed E-state index contributed by atoms with van der Waals surface area (Å²) < 4.78 is 0. The minimum absolute atomic E-state index is 0.0641. The zero-order valence-electron chi connectivity index (χ0n) is 12.8. The van der Waals surface area contributed by atoms with Gasteiger partial charge in [-0.2, -0.15) is 0 Å². The monoisotopic (exact) mass is 303 g/mol. The van der Waals surface area contributed by atoms with Crippen molar-refractivity contribution in [1.29, 1.82) is 0 Å². The lowest BCUT2D eigenvalue weighted by molar-refractivity contribution is 0.0939. The fraction of sp³-hybridized carbons (Fsp3) is 0.105. The fourth-order valence-electron chi connectivity index (χ4n) is 2.36. The molecule has 2 heterocycles. The Labute approximate surface area is 135 Å². The third-order valence-corrected chi connectivity index (χ3v) is 3.64. The third-order valence-electron chi connectivity index (χ3n) is 3.64. The number of carbonyl (C=O) groups excluding carboxylic acids is 1. The zero-order valence-corrected chi connectivity index (χ0v) is 12.8. The van der Waals surface area contributed by atoms with Crippen LogP contribution in [0.1, 0.15) is 28.9 Å². The van der Waals surface area contributed by atoms with Crippen molar-refractivity contribution in [3.8, 4) is 11.1 Å². The summed E-state index contributed by atoms with van der Waals surface area (Å²) in [7, 11) is 0. The van der Waals surface area contributed by atoms with Gasteiger partial charge in [0.1, 0.15) is 0 Å². The van der Waals surface area contributed by atoms with Crippen molar-refractivity contribution in [2.24, 2.45) is 0 Å². The minimum atomic E-state index is -0.139. The first-order chi connectivity index (χ1) is 11.2. The van der Waals surface area contributed by atoms with Gasteiger partial charge in [0.25, 0.3) is 5.91 Å². The Balaban J connectivity index is 1.78. The smallest absolute Gasteiger partial charge is 0.253 e. The highest BCUT2D eigenvalue weighted by Crippen LogP contribution is 2.18. The second-order valence-electron chi connectivity index (χ2n) is 5.31. The Hall–Kier alpha value is -3.01. The molecule has 0 unspecified atom stereocenters. The molecule has 4 nitrogen and oxygen atoms in total. The predicted octanol–water partition coefficient (Wildman–Crippen LogP) is 3.63. The summed E-state index contributed by atoms with van der Waals surface area (Å²) in [5, 5.41) is 3.00. The molecule has 4 heteroatoms. The highest BCUT2D eigenvalue weighted by Gasteiger charge is 2.12. The van der Waals surface area contributed by atoms with Crippen LogP contribution in [0.4, 0.5) is 0 Å². The van der Waals surface area contributed by atoms with Crippen LogP contribution < -0.4 is 5.32 Å². The summed E-state index contributed by atoms with van der Waals surface area (Å²) in [6.07, 6.45) is 6.78. The fourth-order valence-corrected chi connectivity index (χ4v) is 2.36. The Bertz CT molecular complexity index is 788. The number of nitrogens with one attached hydrogen (secondary N) is 1. The maximum Gasteiger partial charge on any atom is 0.253 e. The number of aromatic nitrogens is 2. The average Bonchev–Trinajstić information content (AvgIpc) is 2.63. The first-order valence-electron chi connectivity index (χ1n) is 7.45. The number of hydrogen-bond acceptors (Lipinski definition) is 3. The van der Waals surface area contributed by atoms with Gasteiger partial charge < -0.3 is 5.32 Å². The van der Waals surface area contributed by atoms with Crippen LogP contribution >= 0.6 is 0 Å². The molecule has 114 valence electrons. The van der Waals surface area contributed by atoms with Gasteiger partial charge in [0.2, 0.25) is 0 Å². The largest absolute Gasteiger partial charge is 0.345 e. The number of pyridine rings is 2. The van der Waals surface area contributed by atoms with Gasteiger partial charge in [-0.25, -0.2) is 0 Å². The number of hydrogen-bond donors (Lipinski definition) is 1. The molecule has 0 spiro atoms. The summed E-state index contributed by atoms with van der Waals surface area (Å²) in [4.78, 5) is 20.7. The van der Waals surface area contributed by atoms with E-state index in [9.17, 15) is 4.79 Å². The maximum atomic E-state index is 12.4. The molecular formula is C19H17N3O. The van der Waals surface area contributed by atoms with Crippen molar-refractivity contribution in [3.63, 3.8) is 0 Å². The van der Waals surface area contributed by atoms with Crippen LogP contribution in [0.3, 0.4) is 0 Å². The van der Waals surface area contributed by atoms with Gasteiger partial charge in [0.15, 0.2) is 0 Å². The highest BCUT2D eigenvalue weighted by atomic mass is 16.1. The number of rotatable bonds is 4. The molecule has 1 aromatic carbocycles. The van der Waals surface area contributed by atoms with Crippen LogP contribution in [0, 0.1) is 0 Å². The van der Waals surface area contributed by atoms with E-state index in [1.165, 1.54) is 0 Å². The van der Waals surface area contributed by atoms with E-state index < -0.39 is 0 Å². The van der Waals surface area contributed by atoms with Gasteiger partial charge in [-0.15, -0.1) is 0 Å². The van der Waals surface area contributed by atoms with Gasteiger partial charge in [-0.1, -0.05) is 36.4 Å². The van der Waals surface area contributed by atoms with Crippen molar-refractivity contribution >= 4 is 5.91 Å². The van der Waals surface area contributed by atoms with Crippen molar-refractivity contribution in [3.05, 3.63) is 84.4 Å². The number of nitrogens with zero attached hydrogens (tertiary/aromatic N) is 2. The molecule has 0 radical (unpaired) electrons. The zero-order chi connectivity index (χ0) is 16.1. The van der Waals surface area contributed by atoms with Crippen molar-refractivity contribution in [1.82, 2.24) is 15.3 Å². The molecule has 3 aromatic rings. The van der Waals surface area contributed by atoms with Gasteiger partial charge in [0, 0.05) is 35.9 Å². The molecule has 0 bridgehead atoms. The molecule has 0 aliphatic rings. The lowest BCUT2D eigenvalue weighted by Gasteiger charge is -2.14. The number of benzene rings is 1. The topological polar surface area (TPSA) is 54.9 Å². The van der Waals surface area contributed by atoms with E-state index >= 15 is 0 Å². The van der Waals surface area contributed by atoms with E-state index in [0.29, 0.717) is 5.56 Å². The van der Waals surface area contributed by atoms with Crippen molar-refractivity contribution < 1.29 is 4.79 Å². The number of amides is 1. The molecule has 0 fully saturated rings. The SMILES string of the molecule is C[C@@H](NC(=O)c1cncc(-c2cccnc2)c1)c1ccccc1. The van der Waals surface area contributed by atoms with Crippen LogP contribution in [-0.4, -0.2) is 15.9 Å². The standard InChI is InChI=1S/C19H17N3O/c1-14(15-6-3-2-4-7-15)22-19(23)18-10-17(12-21-13-18)16-8-5-9-20-11-16/h2-14H,1H3,(H,22,23)/t14-/m1/s1. The van der Waals surface area contributed by atoms with E-state index in [-0.39, 0.29) is 11.9 Å². The lowest BCUT2D eigenvalue weighted by atomic mass is 10.1. The highest BCUT2D eigenvalue weighted by molar-refractivity contribution is 5.95. The Morgan fingerprint density at radius 3 is 2.48 bits per heavy atom. The summed E-state index contributed by atoms with van der Waals surface area (Å²) in [6.45, 7) is 1.96. The summed E-state index contributed by atoms with van der Waals surface area (Å²) in [5.41, 5.74) is 3.41. The molecule has 1 amide bonds. The van der Waals surface area contributed by atoms with Gasteiger partial charge >= 0.3 is 0 Å². The Morgan fingerprint density at radius 2 is 1.74 bits per heavy atom. The summed E-state index contributed by atoms with van der Waals surface area (Å²) in [6, 6.07) is 15.4.